The molecule has 0 heterocycles. The predicted octanol–water partition coefficient (Wildman–Crippen LogP) is 2.51. The molecule has 0 N–H and O–H groups in total. The zero-order valence-electron chi connectivity index (χ0n) is 8.71. The summed E-state index contributed by atoms with van der Waals surface area (Å²) >= 11 is 0. The second-order valence-electron chi connectivity index (χ2n) is 3.44. The lowest BCUT2D eigenvalue weighted by Crippen LogP contribution is -2.24. The number of benzene rings is 1. The van der Waals surface area contributed by atoms with Crippen molar-refractivity contribution >= 4 is 12.0 Å². The summed E-state index contributed by atoms with van der Waals surface area (Å²) in [5.74, 6) is 0. The summed E-state index contributed by atoms with van der Waals surface area (Å²) in [5.41, 5.74) is 2.10. The van der Waals surface area contributed by atoms with Crippen LogP contribution in [0.5, 0.6) is 0 Å². The van der Waals surface area contributed by atoms with Crippen molar-refractivity contribution in [1.29, 1.82) is 0 Å². The Labute approximate surface area is 87.5 Å². The second kappa shape index (κ2) is 4.87. The number of nitrogens with zero attached hydrogens (tertiary/aromatic N) is 1. The average molecular weight is 213 g/mol. The predicted molar refractivity (Wildman–Crippen MR) is 55.8 cm³/mol. The summed E-state index contributed by atoms with van der Waals surface area (Å²) in [6.45, 7) is 1.49. The number of rotatable bonds is 4. The van der Waals surface area contributed by atoms with Crippen molar-refractivity contribution in [2.24, 2.45) is 0 Å². The number of anilines is 1. The number of hydrogen-bond acceptors (Lipinski definition) is 2. The van der Waals surface area contributed by atoms with Gasteiger partial charge >= 0.3 is 0 Å². The van der Waals surface area contributed by atoms with Gasteiger partial charge in [0.15, 0.2) is 0 Å². The van der Waals surface area contributed by atoms with Gasteiger partial charge in [0.2, 0.25) is 0 Å². The maximum Gasteiger partial charge on any atom is 0.255 e. The van der Waals surface area contributed by atoms with E-state index in [-0.39, 0.29) is 6.54 Å². The normalized spacial score (nSPS) is 10.5. The van der Waals surface area contributed by atoms with E-state index in [0.29, 0.717) is 5.56 Å². The molecule has 1 aromatic rings. The lowest BCUT2D eigenvalue weighted by atomic mass is 10.1. The Morgan fingerprint density at radius 3 is 2.60 bits per heavy atom. The van der Waals surface area contributed by atoms with E-state index in [0.717, 1.165) is 17.5 Å². The molecule has 0 spiro atoms. The third-order valence-electron chi connectivity index (χ3n) is 2.18. The van der Waals surface area contributed by atoms with Crippen LogP contribution in [0, 0.1) is 6.92 Å². The van der Waals surface area contributed by atoms with Crippen LogP contribution >= 0.6 is 0 Å². The lowest BCUT2D eigenvalue weighted by molar-refractivity contribution is 0.112. The minimum absolute atomic E-state index is 0.304. The third kappa shape index (κ3) is 3.01. The van der Waals surface area contributed by atoms with E-state index in [9.17, 15) is 13.6 Å². The molecule has 0 fully saturated rings. The van der Waals surface area contributed by atoms with Crippen molar-refractivity contribution < 1.29 is 13.6 Å². The summed E-state index contributed by atoms with van der Waals surface area (Å²) in [7, 11) is 1.61. The highest BCUT2D eigenvalue weighted by Gasteiger charge is 2.10. The third-order valence-corrected chi connectivity index (χ3v) is 2.18. The molecule has 15 heavy (non-hydrogen) atoms. The zero-order valence-corrected chi connectivity index (χ0v) is 8.71. The van der Waals surface area contributed by atoms with Crippen molar-refractivity contribution in [2.75, 3.05) is 18.5 Å². The monoisotopic (exact) mass is 213 g/mol. The zero-order chi connectivity index (χ0) is 11.4. The number of hydrogen-bond donors (Lipinski definition) is 0. The van der Waals surface area contributed by atoms with Crippen LogP contribution in [0.15, 0.2) is 18.2 Å². The van der Waals surface area contributed by atoms with Crippen molar-refractivity contribution in [3.05, 3.63) is 29.3 Å². The van der Waals surface area contributed by atoms with Crippen molar-refractivity contribution in [3.8, 4) is 0 Å². The molecule has 0 aliphatic carbocycles. The van der Waals surface area contributed by atoms with E-state index in [1.165, 1.54) is 4.90 Å². The van der Waals surface area contributed by atoms with Crippen LogP contribution in [0.3, 0.4) is 0 Å². The molecular formula is C11H13F2NO. The summed E-state index contributed by atoms with van der Waals surface area (Å²) < 4.78 is 24.3. The van der Waals surface area contributed by atoms with Crippen LogP contribution in [-0.4, -0.2) is 26.3 Å². The molecule has 0 aliphatic rings. The number of aldehydes is 1. The van der Waals surface area contributed by atoms with Gasteiger partial charge in [0, 0.05) is 18.3 Å². The van der Waals surface area contributed by atoms with Crippen molar-refractivity contribution in [1.82, 2.24) is 0 Å². The van der Waals surface area contributed by atoms with E-state index in [4.69, 9.17) is 0 Å². The summed E-state index contributed by atoms with van der Waals surface area (Å²) in [5, 5.41) is 0. The van der Waals surface area contributed by atoms with Gasteiger partial charge in [-0.15, -0.1) is 0 Å². The molecule has 2 nitrogen and oxygen atoms in total. The molecule has 4 heteroatoms. The van der Waals surface area contributed by atoms with Crippen LogP contribution in [0.1, 0.15) is 15.9 Å². The molecule has 0 saturated heterocycles. The fourth-order valence-electron chi connectivity index (χ4n) is 1.49. The van der Waals surface area contributed by atoms with E-state index in [2.05, 4.69) is 0 Å². The fraction of sp³-hybridized carbons (Fsp3) is 0.364. The van der Waals surface area contributed by atoms with E-state index in [1.807, 2.05) is 0 Å². The first kappa shape index (κ1) is 11.6. The molecule has 0 radical (unpaired) electrons. The maximum absolute atomic E-state index is 12.2. The fourth-order valence-corrected chi connectivity index (χ4v) is 1.49. The highest BCUT2D eigenvalue weighted by Crippen LogP contribution is 2.20. The topological polar surface area (TPSA) is 20.3 Å². The van der Waals surface area contributed by atoms with Crippen LogP contribution in [-0.2, 0) is 0 Å². The largest absolute Gasteiger partial charge is 0.369 e. The van der Waals surface area contributed by atoms with Crippen molar-refractivity contribution in [3.63, 3.8) is 0 Å². The van der Waals surface area contributed by atoms with Gasteiger partial charge in [-0.2, -0.15) is 0 Å². The Bertz CT molecular complexity index is 352. The van der Waals surface area contributed by atoms with Crippen LogP contribution in [0.25, 0.3) is 0 Å². The molecule has 1 rings (SSSR count). The number of halogens is 2. The quantitative estimate of drug-likeness (QED) is 0.716. The number of carbonyl (C=O) groups excluding carboxylic acids is 1. The SMILES string of the molecule is Cc1cc(C=O)ccc1N(C)CC(F)F. The molecule has 0 atom stereocenters. The highest BCUT2D eigenvalue weighted by atomic mass is 19.3. The van der Waals surface area contributed by atoms with Gasteiger partial charge < -0.3 is 4.90 Å². The average Bonchev–Trinajstić information content (AvgIpc) is 2.16. The van der Waals surface area contributed by atoms with Gasteiger partial charge in [-0.3, -0.25) is 4.79 Å². The minimum Gasteiger partial charge on any atom is -0.369 e. The smallest absolute Gasteiger partial charge is 0.255 e. The first-order chi connectivity index (χ1) is 7.04. The van der Waals surface area contributed by atoms with E-state index in [1.54, 1.807) is 32.2 Å². The van der Waals surface area contributed by atoms with Gasteiger partial charge in [0.1, 0.15) is 6.29 Å². The van der Waals surface area contributed by atoms with Gasteiger partial charge in [0.05, 0.1) is 6.54 Å². The second-order valence-corrected chi connectivity index (χ2v) is 3.44. The first-order valence-electron chi connectivity index (χ1n) is 4.59. The Morgan fingerprint density at radius 2 is 2.13 bits per heavy atom. The molecule has 82 valence electrons. The number of aryl methyl sites for hydroxylation is 1. The molecular weight excluding hydrogens is 200 g/mol. The summed E-state index contributed by atoms with van der Waals surface area (Å²) in [6, 6.07) is 4.99. The highest BCUT2D eigenvalue weighted by molar-refractivity contribution is 5.76. The van der Waals surface area contributed by atoms with Gasteiger partial charge in [0.25, 0.3) is 6.43 Å². The Kier molecular flexibility index (Phi) is 3.77. The summed E-state index contributed by atoms with van der Waals surface area (Å²) in [6.07, 6.45) is -1.62. The summed E-state index contributed by atoms with van der Waals surface area (Å²) in [4.78, 5) is 12.0. The molecule has 0 amide bonds. The lowest BCUT2D eigenvalue weighted by Gasteiger charge is -2.20. The first-order valence-corrected chi connectivity index (χ1v) is 4.59. The number of alkyl halides is 2. The Balaban J connectivity index is 2.90. The minimum atomic E-state index is -2.36. The molecule has 0 aromatic heterocycles. The number of carbonyl (C=O) groups is 1. The Hall–Kier alpha value is -1.45. The van der Waals surface area contributed by atoms with E-state index >= 15 is 0 Å². The maximum atomic E-state index is 12.2. The van der Waals surface area contributed by atoms with Crippen LogP contribution < -0.4 is 4.90 Å². The standard InChI is InChI=1S/C11H13F2NO/c1-8-5-9(7-15)3-4-10(8)14(2)6-11(12)13/h3-5,7,11H,6H2,1-2H3. The molecule has 1 aromatic carbocycles. The van der Waals surface area contributed by atoms with E-state index < -0.39 is 6.43 Å². The van der Waals surface area contributed by atoms with Gasteiger partial charge in [-0.05, 0) is 30.7 Å². The van der Waals surface area contributed by atoms with Crippen LogP contribution in [0.2, 0.25) is 0 Å². The molecule has 0 aliphatic heterocycles. The molecule has 0 saturated carbocycles. The van der Waals surface area contributed by atoms with Crippen LogP contribution in [0.4, 0.5) is 14.5 Å². The Morgan fingerprint density at radius 1 is 1.47 bits per heavy atom. The van der Waals surface area contributed by atoms with Gasteiger partial charge in [-0.1, -0.05) is 0 Å². The molecule has 0 bridgehead atoms. The van der Waals surface area contributed by atoms with Gasteiger partial charge in [-0.25, -0.2) is 8.78 Å². The molecule has 0 unspecified atom stereocenters. The van der Waals surface area contributed by atoms with Crippen molar-refractivity contribution in [2.45, 2.75) is 13.3 Å².